The zero-order valence-corrected chi connectivity index (χ0v) is 16.2. The van der Waals surface area contributed by atoms with Crippen LogP contribution >= 0.6 is 0 Å². The van der Waals surface area contributed by atoms with E-state index in [1.807, 2.05) is 0 Å². The molecule has 0 saturated heterocycles. The summed E-state index contributed by atoms with van der Waals surface area (Å²) in [6, 6.07) is 13.9. The fourth-order valence-corrected chi connectivity index (χ4v) is 2.92. The minimum Gasteiger partial charge on any atom is -0.459 e. The maximum absolute atomic E-state index is 13.5. The fraction of sp³-hybridized carbons (Fsp3) is 0.286. The van der Waals surface area contributed by atoms with Crippen LogP contribution in [-0.2, 0) is 22.3 Å². The highest BCUT2D eigenvalue weighted by molar-refractivity contribution is 5.81. The molecule has 0 fully saturated rings. The number of esters is 1. The molecule has 0 spiro atoms. The van der Waals surface area contributed by atoms with Crippen molar-refractivity contribution in [3.63, 3.8) is 0 Å². The summed E-state index contributed by atoms with van der Waals surface area (Å²) in [6.45, 7) is 4.92. The Morgan fingerprint density at radius 3 is 2.24 bits per heavy atom. The lowest BCUT2D eigenvalue weighted by Crippen LogP contribution is -2.27. The van der Waals surface area contributed by atoms with E-state index in [-0.39, 0.29) is 17.8 Å². The number of benzene rings is 2. The summed E-state index contributed by atoms with van der Waals surface area (Å²) in [4.78, 5) is 12.3. The van der Waals surface area contributed by atoms with Crippen molar-refractivity contribution in [3.05, 3.63) is 60.2 Å². The molecule has 0 N–H and O–H groups in total. The number of nitrogens with zero attached hydrogens (tertiary/aromatic N) is 3. The molecule has 29 heavy (non-hydrogen) atoms. The van der Waals surface area contributed by atoms with Crippen molar-refractivity contribution < 1.29 is 22.7 Å². The number of aromatic nitrogens is 3. The predicted octanol–water partition coefficient (Wildman–Crippen LogP) is 4.97. The normalized spacial score (nSPS) is 12.1. The molecule has 3 rings (SSSR count). The summed E-state index contributed by atoms with van der Waals surface area (Å²) < 4.78 is 47.2. The Kier molecular flexibility index (Phi) is 5.46. The molecule has 0 bridgehead atoms. The lowest BCUT2D eigenvalue weighted by molar-refractivity contribution is -0.155. The Morgan fingerprint density at radius 2 is 1.62 bits per heavy atom. The van der Waals surface area contributed by atoms with Crippen molar-refractivity contribution in [3.8, 4) is 22.5 Å². The van der Waals surface area contributed by atoms with Crippen molar-refractivity contribution in [1.29, 1.82) is 0 Å². The van der Waals surface area contributed by atoms with Crippen LogP contribution in [0.15, 0.2) is 54.6 Å². The zero-order valence-electron chi connectivity index (χ0n) is 16.2. The highest BCUT2D eigenvalue weighted by Gasteiger charge is 2.35. The molecule has 0 aliphatic carbocycles. The highest BCUT2D eigenvalue weighted by atomic mass is 19.4. The molecule has 0 saturated carbocycles. The smallest absolute Gasteiger partial charge is 0.417 e. The average molecular weight is 403 g/mol. The van der Waals surface area contributed by atoms with E-state index in [4.69, 9.17) is 4.74 Å². The van der Waals surface area contributed by atoms with Gasteiger partial charge in [0.2, 0.25) is 0 Å². The van der Waals surface area contributed by atoms with E-state index in [1.165, 1.54) is 22.9 Å². The van der Waals surface area contributed by atoms with E-state index in [2.05, 4.69) is 10.3 Å². The molecular weight excluding hydrogens is 383 g/mol. The quantitative estimate of drug-likeness (QED) is 0.577. The first-order valence-electron chi connectivity index (χ1n) is 8.93. The van der Waals surface area contributed by atoms with E-state index in [1.54, 1.807) is 51.1 Å². The van der Waals surface area contributed by atoms with Crippen LogP contribution in [0, 0.1) is 0 Å². The Bertz CT molecular complexity index is 1010. The van der Waals surface area contributed by atoms with Gasteiger partial charge in [0.15, 0.2) is 0 Å². The topological polar surface area (TPSA) is 57.0 Å². The van der Waals surface area contributed by atoms with Gasteiger partial charge in [-0.05, 0) is 26.8 Å². The van der Waals surface area contributed by atoms with Crippen LogP contribution in [0.5, 0.6) is 0 Å². The molecule has 2 aromatic carbocycles. The zero-order chi connectivity index (χ0) is 21.2. The molecule has 0 aliphatic rings. The Hall–Kier alpha value is -3.16. The third-order valence-electron chi connectivity index (χ3n) is 3.97. The Morgan fingerprint density at radius 1 is 1.00 bits per heavy atom. The number of hydrogen-bond acceptors (Lipinski definition) is 4. The van der Waals surface area contributed by atoms with Gasteiger partial charge in [-0.3, -0.25) is 4.79 Å². The SMILES string of the molecule is CC(C)(C)OC(=O)Cn1nnc(-c2ccccc2C(F)(F)F)c1-c1ccccc1. The molecule has 0 aliphatic heterocycles. The van der Waals surface area contributed by atoms with Crippen LogP contribution in [0.2, 0.25) is 0 Å². The van der Waals surface area contributed by atoms with Gasteiger partial charge < -0.3 is 4.74 Å². The molecule has 0 unspecified atom stereocenters. The van der Waals surface area contributed by atoms with Crippen LogP contribution < -0.4 is 0 Å². The Balaban J connectivity index is 2.13. The van der Waals surface area contributed by atoms with E-state index < -0.39 is 23.3 Å². The van der Waals surface area contributed by atoms with Gasteiger partial charge in [-0.25, -0.2) is 4.68 Å². The van der Waals surface area contributed by atoms with Crippen molar-refractivity contribution >= 4 is 5.97 Å². The van der Waals surface area contributed by atoms with Gasteiger partial charge in [0.05, 0.1) is 11.3 Å². The average Bonchev–Trinajstić information content (AvgIpc) is 3.03. The third kappa shape index (κ3) is 4.82. The maximum Gasteiger partial charge on any atom is 0.417 e. The van der Waals surface area contributed by atoms with Gasteiger partial charge >= 0.3 is 12.1 Å². The monoisotopic (exact) mass is 403 g/mol. The summed E-state index contributed by atoms with van der Waals surface area (Å²) in [5, 5.41) is 7.95. The number of carbonyl (C=O) groups is 1. The largest absolute Gasteiger partial charge is 0.459 e. The van der Waals surface area contributed by atoms with E-state index >= 15 is 0 Å². The van der Waals surface area contributed by atoms with Gasteiger partial charge in [0.25, 0.3) is 0 Å². The fourth-order valence-electron chi connectivity index (χ4n) is 2.92. The van der Waals surface area contributed by atoms with Crippen LogP contribution in [0.1, 0.15) is 26.3 Å². The summed E-state index contributed by atoms with van der Waals surface area (Å²) in [7, 11) is 0. The minimum absolute atomic E-state index is 0.0488. The summed E-state index contributed by atoms with van der Waals surface area (Å²) in [6.07, 6.45) is -4.56. The van der Waals surface area contributed by atoms with Gasteiger partial charge in [-0.2, -0.15) is 13.2 Å². The second-order valence-electron chi connectivity index (χ2n) is 7.44. The number of carbonyl (C=O) groups excluding carboxylic acids is 1. The van der Waals surface area contributed by atoms with Crippen molar-refractivity contribution in [2.24, 2.45) is 0 Å². The molecule has 1 aromatic heterocycles. The first kappa shape index (κ1) is 20.6. The molecule has 3 aromatic rings. The molecule has 0 amide bonds. The summed E-state index contributed by atoms with van der Waals surface area (Å²) in [5.74, 6) is -0.560. The molecule has 0 atom stereocenters. The summed E-state index contributed by atoms with van der Waals surface area (Å²) in [5.41, 5.74) is -0.666. The van der Waals surface area contributed by atoms with Crippen molar-refractivity contribution in [2.45, 2.75) is 39.1 Å². The second-order valence-corrected chi connectivity index (χ2v) is 7.44. The lowest BCUT2D eigenvalue weighted by Gasteiger charge is -2.19. The number of halogens is 3. The number of alkyl halides is 3. The van der Waals surface area contributed by atoms with E-state index in [0.29, 0.717) is 11.3 Å². The van der Waals surface area contributed by atoms with Crippen LogP contribution in [0.3, 0.4) is 0 Å². The predicted molar refractivity (Wildman–Crippen MR) is 102 cm³/mol. The summed E-state index contributed by atoms with van der Waals surface area (Å²) >= 11 is 0. The highest BCUT2D eigenvalue weighted by Crippen LogP contribution is 2.39. The van der Waals surface area contributed by atoms with Crippen molar-refractivity contribution in [2.75, 3.05) is 0 Å². The minimum atomic E-state index is -4.56. The maximum atomic E-state index is 13.5. The van der Waals surface area contributed by atoms with Gasteiger partial charge in [-0.15, -0.1) is 5.10 Å². The number of hydrogen-bond donors (Lipinski definition) is 0. The number of ether oxygens (including phenoxy) is 1. The van der Waals surface area contributed by atoms with Gasteiger partial charge in [0.1, 0.15) is 17.8 Å². The van der Waals surface area contributed by atoms with Crippen LogP contribution in [0.25, 0.3) is 22.5 Å². The molecule has 1 heterocycles. The van der Waals surface area contributed by atoms with E-state index in [9.17, 15) is 18.0 Å². The molecule has 0 radical (unpaired) electrons. The van der Waals surface area contributed by atoms with Gasteiger partial charge in [0, 0.05) is 11.1 Å². The first-order chi connectivity index (χ1) is 13.6. The van der Waals surface area contributed by atoms with E-state index in [0.717, 1.165) is 6.07 Å². The Labute approximate surface area is 166 Å². The number of rotatable bonds is 4. The standard InChI is InChI=1S/C21H20F3N3O2/c1-20(2,3)29-17(28)13-27-19(14-9-5-4-6-10-14)18(25-26-27)15-11-7-8-12-16(15)21(22,23)24/h4-12H,13H2,1-3H3. The molecule has 152 valence electrons. The van der Waals surface area contributed by atoms with Crippen LogP contribution in [0.4, 0.5) is 13.2 Å². The third-order valence-corrected chi connectivity index (χ3v) is 3.97. The molecule has 5 nitrogen and oxygen atoms in total. The lowest BCUT2D eigenvalue weighted by atomic mass is 9.99. The molecule has 8 heteroatoms. The van der Waals surface area contributed by atoms with Crippen molar-refractivity contribution in [1.82, 2.24) is 15.0 Å². The first-order valence-corrected chi connectivity index (χ1v) is 8.93. The molecular formula is C21H20F3N3O2. The second kappa shape index (κ2) is 7.69. The van der Waals surface area contributed by atoms with Crippen LogP contribution in [-0.4, -0.2) is 26.6 Å². The van der Waals surface area contributed by atoms with Gasteiger partial charge in [-0.1, -0.05) is 53.7 Å².